The molecule has 11 heteroatoms. The maximum atomic E-state index is 12.0. The van der Waals surface area contributed by atoms with Crippen molar-refractivity contribution in [3.8, 4) is 0 Å². The molecule has 130 valence electrons. The van der Waals surface area contributed by atoms with Crippen LogP contribution in [0.2, 0.25) is 0 Å². The molecule has 0 amide bonds. The number of benzene rings is 2. The van der Waals surface area contributed by atoms with Crippen LogP contribution in [-0.2, 0) is 0 Å². The Morgan fingerprint density at radius 3 is 2.62 bits per heavy atom. The zero-order valence-corrected chi connectivity index (χ0v) is 13.7. The Morgan fingerprint density at radius 2 is 1.88 bits per heavy atom. The van der Waals surface area contributed by atoms with Crippen LogP contribution in [-0.4, -0.2) is 21.0 Å². The van der Waals surface area contributed by atoms with E-state index in [1.165, 1.54) is 36.5 Å². The number of rotatable bonds is 5. The number of para-hydroxylation sites is 1. The molecule has 0 fully saturated rings. The highest BCUT2D eigenvalue weighted by Gasteiger charge is 2.12. The van der Waals surface area contributed by atoms with Crippen molar-refractivity contribution < 1.29 is 9.85 Å². The second-order valence-electron chi connectivity index (χ2n) is 4.95. The van der Waals surface area contributed by atoms with Gasteiger partial charge in [0.1, 0.15) is 0 Å². The average molecular weight is 371 g/mol. The van der Waals surface area contributed by atoms with E-state index >= 15 is 0 Å². The molecule has 2 aromatic carbocycles. The molecule has 1 heterocycles. The van der Waals surface area contributed by atoms with E-state index in [0.717, 1.165) is 11.3 Å². The number of aromatic nitrogens is 1. The van der Waals surface area contributed by atoms with Crippen LogP contribution < -0.4 is 11.0 Å². The predicted molar refractivity (Wildman–Crippen MR) is 96.9 cm³/mol. The first-order chi connectivity index (χ1) is 12.5. The van der Waals surface area contributed by atoms with Gasteiger partial charge in [-0.3, -0.25) is 30.4 Å². The molecule has 3 rings (SSSR count). The first-order valence-corrected chi connectivity index (χ1v) is 7.89. The molecular weight excluding hydrogens is 362 g/mol. The van der Waals surface area contributed by atoms with Gasteiger partial charge in [-0.2, -0.15) is 10.1 Å². The predicted octanol–water partition coefficient (Wildman–Crippen LogP) is 2.92. The van der Waals surface area contributed by atoms with E-state index in [4.69, 9.17) is 0 Å². The molecule has 0 radical (unpaired) electrons. The summed E-state index contributed by atoms with van der Waals surface area (Å²) in [5.74, 6) is 0. The number of hydrazone groups is 1. The summed E-state index contributed by atoms with van der Waals surface area (Å²) >= 11 is 1.07. The molecule has 26 heavy (non-hydrogen) atoms. The third-order valence-electron chi connectivity index (χ3n) is 3.31. The van der Waals surface area contributed by atoms with Crippen molar-refractivity contribution in [2.24, 2.45) is 5.10 Å². The fourth-order valence-corrected chi connectivity index (χ4v) is 2.96. The average Bonchev–Trinajstić information content (AvgIpc) is 2.61. The van der Waals surface area contributed by atoms with E-state index in [2.05, 4.69) is 15.5 Å². The summed E-state index contributed by atoms with van der Waals surface area (Å²) in [6.07, 6.45) is 1.25. The Bertz CT molecular complexity index is 1110. The molecule has 0 saturated heterocycles. The topological polar surface area (TPSA) is 141 Å². The molecule has 0 aliphatic carbocycles. The number of anilines is 1. The lowest BCUT2D eigenvalue weighted by atomic mass is 10.2. The van der Waals surface area contributed by atoms with Crippen LogP contribution in [0.25, 0.3) is 10.1 Å². The SMILES string of the molecule is O=c1nc(N/N=C\c2ccccc2[N+](=O)[O-])sc2ccc([N+](=O)[O-])cc12. The van der Waals surface area contributed by atoms with Crippen LogP contribution in [0.15, 0.2) is 52.4 Å². The van der Waals surface area contributed by atoms with E-state index in [-0.39, 0.29) is 27.5 Å². The molecule has 3 aromatic rings. The van der Waals surface area contributed by atoms with Crippen molar-refractivity contribution in [1.29, 1.82) is 0 Å². The summed E-state index contributed by atoms with van der Waals surface area (Å²) in [5, 5.41) is 25.9. The van der Waals surface area contributed by atoms with Crippen molar-refractivity contribution >= 4 is 44.1 Å². The van der Waals surface area contributed by atoms with Gasteiger partial charge in [0, 0.05) is 22.9 Å². The number of nitro groups is 2. The summed E-state index contributed by atoms with van der Waals surface area (Å²) in [5.41, 5.74) is 1.90. The van der Waals surface area contributed by atoms with Crippen LogP contribution in [0, 0.1) is 20.2 Å². The van der Waals surface area contributed by atoms with Gasteiger partial charge in [0.05, 0.1) is 27.0 Å². The maximum Gasteiger partial charge on any atom is 0.281 e. The molecule has 10 nitrogen and oxygen atoms in total. The van der Waals surface area contributed by atoms with E-state index < -0.39 is 15.4 Å². The first-order valence-electron chi connectivity index (χ1n) is 7.07. The largest absolute Gasteiger partial charge is 0.281 e. The highest BCUT2D eigenvalue weighted by molar-refractivity contribution is 7.21. The van der Waals surface area contributed by atoms with Gasteiger partial charge in [0.25, 0.3) is 16.9 Å². The van der Waals surface area contributed by atoms with Gasteiger partial charge in [0.15, 0.2) is 0 Å². The fraction of sp³-hybridized carbons (Fsp3) is 0. The lowest BCUT2D eigenvalue weighted by Crippen LogP contribution is -2.08. The fourth-order valence-electron chi connectivity index (χ4n) is 2.13. The molecule has 0 unspecified atom stereocenters. The molecule has 0 saturated carbocycles. The second-order valence-corrected chi connectivity index (χ2v) is 5.98. The number of nitrogens with zero attached hydrogens (tertiary/aromatic N) is 4. The monoisotopic (exact) mass is 371 g/mol. The van der Waals surface area contributed by atoms with Gasteiger partial charge in [-0.25, -0.2) is 0 Å². The van der Waals surface area contributed by atoms with Gasteiger partial charge in [-0.1, -0.05) is 23.5 Å². The van der Waals surface area contributed by atoms with Crippen LogP contribution in [0.1, 0.15) is 5.56 Å². The van der Waals surface area contributed by atoms with Crippen molar-refractivity contribution in [2.75, 3.05) is 5.43 Å². The van der Waals surface area contributed by atoms with Crippen molar-refractivity contribution in [3.63, 3.8) is 0 Å². The van der Waals surface area contributed by atoms with Gasteiger partial charge in [-0.05, 0) is 12.1 Å². The van der Waals surface area contributed by atoms with Crippen molar-refractivity contribution in [2.45, 2.75) is 0 Å². The Balaban J connectivity index is 1.88. The minimum absolute atomic E-state index is 0.106. The van der Waals surface area contributed by atoms with E-state index in [1.807, 2.05) is 0 Å². The number of non-ortho nitro benzene ring substituents is 1. The summed E-state index contributed by atoms with van der Waals surface area (Å²) in [7, 11) is 0. The number of nitrogens with one attached hydrogen (secondary N) is 1. The Morgan fingerprint density at radius 1 is 1.12 bits per heavy atom. The number of nitro benzene ring substituents is 2. The van der Waals surface area contributed by atoms with Crippen LogP contribution >= 0.6 is 11.3 Å². The second kappa shape index (κ2) is 7.03. The zero-order valence-electron chi connectivity index (χ0n) is 12.9. The summed E-state index contributed by atoms with van der Waals surface area (Å²) in [4.78, 5) is 36.4. The maximum absolute atomic E-state index is 12.0. The van der Waals surface area contributed by atoms with Gasteiger partial charge < -0.3 is 0 Å². The number of hydrogen-bond donors (Lipinski definition) is 1. The Hall–Kier alpha value is -3.73. The van der Waals surface area contributed by atoms with Crippen LogP contribution in [0.5, 0.6) is 0 Å². The van der Waals surface area contributed by atoms with Crippen LogP contribution in [0.4, 0.5) is 16.5 Å². The minimum atomic E-state index is -0.633. The Kier molecular flexibility index (Phi) is 4.62. The zero-order chi connectivity index (χ0) is 18.7. The molecule has 0 bridgehead atoms. The highest BCUT2D eigenvalue weighted by Crippen LogP contribution is 2.24. The quantitative estimate of drug-likeness (QED) is 0.413. The Labute approximate surface area is 148 Å². The van der Waals surface area contributed by atoms with E-state index in [1.54, 1.807) is 12.1 Å². The number of fused-ring (bicyclic) bond motifs is 1. The molecule has 0 atom stereocenters. The molecule has 1 N–H and O–H groups in total. The molecule has 0 aliphatic rings. The van der Waals surface area contributed by atoms with Gasteiger partial charge in [-0.15, -0.1) is 0 Å². The molecule has 0 aliphatic heterocycles. The van der Waals surface area contributed by atoms with Gasteiger partial charge >= 0.3 is 0 Å². The van der Waals surface area contributed by atoms with Crippen molar-refractivity contribution in [1.82, 2.24) is 4.98 Å². The minimum Gasteiger partial charge on any atom is -0.267 e. The summed E-state index contributed by atoms with van der Waals surface area (Å²) in [6.45, 7) is 0. The third-order valence-corrected chi connectivity index (χ3v) is 4.26. The standard InChI is InChI=1S/C15H9N5O5S/c21-14-11-7-10(19(22)23)5-6-13(11)26-15(17-14)18-16-8-9-3-1-2-4-12(9)20(24)25/h1-8H,(H,17,18,21)/b16-8-. The smallest absolute Gasteiger partial charge is 0.267 e. The summed E-state index contributed by atoms with van der Waals surface area (Å²) < 4.78 is 0.499. The van der Waals surface area contributed by atoms with Crippen LogP contribution in [0.3, 0.4) is 0 Å². The molecule has 1 aromatic heterocycles. The lowest BCUT2D eigenvalue weighted by Gasteiger charge is -2.01. The summed E-state index contributed by atoms with van der Waals surface area (Å²) in [6, 6.07) is 9.96. The third kappa shape index (κ3) is 3.52. The van der Waals surface area contributed by atoms with E-state index in [0.29, 0.717) is 4.70 Å². The number of hydrogen-bond acceptors (Lipinski definition) is 9. The molecular formula is C15H9N5O5S. The lowest BCUT2D eigenvalue weighted by molar-refractivity contribution is -0.385. The molecule has 0 spiro atoms. The first kappa shape index (κ1) is 17.1. The van der Waals surface area contributed by atoms with E-state index in [9.17, 15) is 25.0 Å². The van der Waals surface area contributed by atoms with Gasteiger partial charge in [0.2, 0.25) is 5.13 Å². The highest BCUT2D eigenvalue weighted by atomic mass is 32.1. The van der Waals surface area contributed by atoms with Crippen molar-refractivity contribution in [3.05, 3.63) is 78.6 Å². The normalized spacial score (nSPS) is 10.9.